The third kappa shape index (κ3) is 3.22. The predicted octanol–water partition coefficient (Wildman–Crippen LogP) is 2.18. The van der Waals surface area contributed by atoms with Gasteiger partial charge in [0.25, 0.3) is 0 Å². The van der Waals surface area contributed by atoms with Crippen LogP contribution in [0.5, 0.6) is 11.6 Å². The number of fused-ring (bicyclic) bond motifs is 1. The number of anilines is 1. The Balaban J connectivity index is 1.48. The average molecular weight is 338 g/mol. The first-order valence-electron chi connectivity index (χ1n) is 8.31. The molecule has 25 heavy (non-hydrogen) atoms. The van der Waals surface area contributed by atoms with Gasteiger partial charge in [-0.1, -0.05) is 12.1 Å². The summed E-state index contributed by atoms with van der Waals surface area (Å²) in [6.45, 7) is 1.62. The van der Waals surface area contributed by atoms with E-state index in [2.05, 4.69) is 9.88 Å². The summed E-state index contributed by atoms with van der Waals surface area (Å²) in [4.78, 5) is 6.73. The van der Waals surface area contributed by atoms with E-state index in [9.17, 15) is 10.3 Å². The minimum Gasteiger partial charge on any atom is -0.508 e. The summed E-state index contributed by atoms with van der Waals surface area (Å²) in [5.74, 6) is 0.820. The van der Waals surface area contributed by atoms with Crippen LogP contribution in [0.2, 0.25) is 0 Å². The summed E-state index contributed by atoms with van der Waals surface area (Å²) in [6.07, 6.45) is 0.948. The number of hydrogen-bond donors (Lipinski definition) is 3. The van der Waals surface area contributed by atoms with Crippen molar-refractivity contribution in [1.82, 2.24) is 4.98 Å². The minimum absolute atomic E-state index is 0.0498. The summed E-state index contributed by atoms with van der Waals surface area (Å²) in [7, 11) is 0. The Bertz CT molecular complexity index is 900. The molecule has 0 bridgehead atoms. The van der Waals surface area contributed by atoms with Crippen LogP contribution >= 0.6 is 0 Å². The zero-order chi connectivity index (χ0) is 17.2. The maximum absolute atomic E-state index is 9.52. The van der Waals surface area contributed by atoms with Gasteiger partial charge < -0.3 is 14.7 Å². The van der Waals surface area contributed by atoms with Gasteiger partial charge in [-0.3, -0.25) is 0 Å². The summed E-state index contributed by atoms with van der Waals surface area (Å²) >= 11 is 0. The summed E-state index contributed by atoms with van der Waals surface area (Å²) in [5, 5.41) is 19.8. The Morgan fingerprint density at radius 3 is 2.88 bits per heavy atom. The second-order valence-electron chi connectivity index (χ2n) is 6.19. The fourth-order valence-corrected chi connectivity index (χ4v) is 3.26. The molecule has 0 saturated carbocycles. The lowest BCUT2D eigenvalue weighted by atomic mass is 10.2. The quantitative estimate of drug-likeness (QED) is 0.502. The molecule has 3 aromatic rings. The number of phenols is 1. The number of phenolic OH excluding ortho intramolecular Hbond substituents is 1. The summed E-state index contributed by atoms with van der Waals surface area (Å²) < 4.78 is 6.05. The maximum atomic E-state index is 9.52. The number of nitrogens with zero attached hydrogens (tertiary/aromatic N) is 2. The van der Waals surface area contributed by atoms with Gasteiger partial charge in [-0.05, 0) is 30.3 Å². The van der Waals surface area contributed by atoms with Crippen LogP contribution in [0, 0.1) is 0 Å². The van der Waals surface area contributed by atoms with Crippen molar-refractivity contribution in [3.8, 4) is 11.6 Å². The van der Waals surface area contributed by atoms with Crippen LogP contribution in [0.1, 0.15) is 6.42 Å². The van der Waals surface area contributed by atoms with Gasteiger partial charge in [0.1, 0.15) is 17.5 Å². The highest BCUT2D eigenvalue weighted by atomic mass is 16.5. The predicted molar refractivity (Wildman–Crippen MR) is 94.5 cm³/mol. The average Bonchev–Trinajstić information content (AvgIpc) is 3.10. The van der Waals surface area contributed by atoms with Crippen molar-refractivity contribution in [2.75, 3.05) is 18.0 Å². The molecule has 0 aliphatic carbocycles. The van der Waals surface area contributed by atoms with Gasteiger partial charge in [0.05, 0.1) is 12.1 Å². The van der Waals surface area contributed by atoms with Crippen LogP contribution in [0.4, 0.5) is 11.4 Å². The molecule has 1 aliphatic heterocycles. The van der Waals surface area contributed by atoms with Crippen LogP contribution in [-0.2, 0) is 0 Å². The summed E-state index contributed by atoms with van der Waals surface area (Å²) in [5.41, 5.74) is 3.76. The fraction of sp³-hybridized carbons (Fsp3) is 0.211. The molecule has 2 heterocycles. The maximum Gasteiger partial charge on any atom is 0.214 e. The molecule has 1 fully saturated rings. The first-order chi connectivity index (χ1) is 12.2. The second kappa shape index (κ2) is 6.58. The second-order valence-corrected chi connectivity index (χ2v) is 6.19. The van der Waals surface area contributed by atoms with Crippen LogP contribution in [0.25, 0.3) is 10.9 Å². The normalized spacial score (nSPS) is 17.2. The number of para-hydroxylation sites is 2. The van der Waals surface area contributed by atoms with E-state index in [1.165, 1.54) is 0 Å². The smallest absolute Gasteiger partial charge is 0.214 e. The van der Waals surface area contributed by atoms with Crippen molar-refractivity contribution in [2.45, 2.75) is 12.5 Å². The Kier molecular flexibility index (Phi) is 4.13. The van der Waals surface area contributed by atoms with Gasteiger partial charge in [-0.2, -0.15) is 5.48 Å². The lowest BCUT2D eigenvalue weighted by Gasteiger charge is -2.19. The van der Waals surface area contributed by atoms with Gasteiger partial charge in [-0.15, -0.1) is 0 Å². The molecular weight excluding hydrogens is 318 g/mol. The topological polar surface area (TPSA) is 82.4 Å². The van der Waals surface area contributed by atoms with Crippen LogP contribution in [0.15, 0.2) is 54.6 Å². The molecule has 4 rings (SSSR count). The zero-order valence-electron chi connectivity index (χ0n) is 13.7. The molecule has 6 heteroatoms. The number of nitrogens with two attached hydrogens (primary N) is 1. The Morgan fingerprint density at radius 2 is 2.00 bits per heavy atom. The molecule has 1 atom stereocenters. The van der Waals surface area contributed by atoms with Crippen molar-refractivity contribution < 1.29 is 20.5 Å². The molecular formula is C19H20N3O3+. The Morgan fingerprint density at radius 1 is 1.12 bits per heavy atom. The number of aromatic hydroxyl groups is 1. The highest BCUT2D eigenvalue weighted by Crippen LogP contribution is 2.28. The van der Waals surface area contributed by atoms with E-state index in [0.717, 1.165) is 47.3 Å². The Hall–Kier alpha value is -2.83. The van der Waals surface area contributed by atoms with Gasteiger partial charge in [0.2, 0.25) is 5.88 Å². The van der Waals surface area contributed by atoms with Crippen molar-refractivity contribution >= 4 is 22.3 Å². The monoisotopic (exact) mass is 338 g/mol. The van der Waals surface area contributed by atoms with Crippen molar-refractivity contribution in [3.63, 3.8) is 0 Å². The van der Waals surface area contributed by atoms with Gasteiger partial charge in [-0.25, -0.2) is 10.2 Å². The SMILES string of the molecule is O[NH2+]c1ccccc1N1CC[C@H](Oc2ccc3cc(O)ccc3n2)C1. The molecule has 128 valence electrons. The number of quaternary nitrogens is 1. The van der Waals surface area contributed by atoms with E-state index in [-0.39, 0.29) is 11.9 Å². The van der Waals surface area contributed by atoms with Crippen LogP contribution in [0.3, 0.4) is 0 Å². The van der Waals surface area contributed by atoms with Gasteiger partial charge in [0, 0.05) is 30.5 Å². The number of benzene rings is 2. The highest BCUT2D eigenvalue weighted by Gasteiger charge is 2.27. The van der Waals surface area contributed by atoms with Gasteiger partial charge >= 0.3 is 0 Å². The van der Waals surface area contributed by atoms with E-state index in [1.807, 2.05) is 36.4 Å². The third-order valence-electron chi connectivity index (χ3n) is 4.50. The molecule has 0 amide bonds. The first-order valence-corrected chi connectivity index (χ1v) is 8.31. The molecule has 0 spiro atoms. The molecule has 0 unspecified atom stereocenters. The van der Waals surface area contributed by atoms with E-state index in [0.29, 0.717) is 5.88 Å². The molecule has 2 aromatic carbocycles. The van der Waals surface area contributed by atoms with E-state index in [4.69, 9.17) is 4.74 Å². The van der Waals surface area contributed by atoms with E-state index >= 15 is 0 Å². The van der Waals surface area contributed by atoms with Crippen molar-refractivity contribution in [3.05, 3.63) is 54.6 Å². The lowest BCUT2D eigenvalue weighted by Crippen LogP contribution is -2.74. The number of hydrogen-bond acceptors (Lipinski definition) is 5. The third-order valence-corrected chi connectivity index (χ3v) is 4.50. The molecule has 0 radical (unpaired) electrons. The standard InChI is InChI=1S/C19H19N3O3/c23-14-6-7-16-13(11-14)5-8-19(20-16)25-15-9-10-22(12-15)18-4-2-1-3-17(18)21-24/h1-8,11,15,21,23-24H,9-10,12H2/p+1/t15-/m0/s1. The number of ether oxygens (including phenoxy) is 1. The first kappa shape index (κ1) is 15.7. The zero-order valence-corrected chi connectivity index (χ0v) is 13.7. The number of rotatable bonds is 4. The Labute approximate surface area is 145 Å². The largest absolute Gasteiger partial charge is 0.508 e. The molecule has 6 nitrogen and oxygen atoms in total. The molecule has 1 saturated heterocycles. The van der Waals surface area contributed by atoms with Crippen molar-refractivity contribution in [2.24, 2.45) is 0 Å². The molecule has 1 aromatic heterocycles. The van der Waals surface area contributed by atoms with Crippen LogP contribution in [-0.4, -0.2) is 34.5 Å². The molecule has 1 aliphatic rings. The van der Waals surface area contributed by atoms with Crippen LogP contribution < -0.4 is 15.1 Å². The molecule has 4 N–H and O–H groups in total. The number of pyridine rings is 1. The van der Waals surface area contributed by atoms with E-state index in [1.54, 1.807) is 18.2 Å². The summed E-state index contributed by atoms with van der Waals surface area (Å²) in [6, 6.07) is 16.6. The minimum atomic E-state index is 0.0498. The van der Waals surface area contributed by atoms with Crippen molar-refractivity contribution in [1.29, 1.82) is 0 Å². The fourth-order valence-electron chi connectivity index (χ4n) is 3.26. The highest BCUT2D eigenvalue weighted by molar-refractivity contribution is 5.80. The van der Waals surface area contributed by atoms with E-state index < -0.39 is 0 Å². The number of aromatic nitrogens is 1. The van der Waals surface area contributed by atoms with Gasteiger partial charge in [0.15, 0.2) is 5.69 Å². The lowest BCUT2D eigenvalue weighted by molar-refractivity contribution is -0.825.